The van der Waals surface area contributed by atoms with Crippen LogP contribution in [0.2, 0.25) is 0 Å². The summed E-state index contributed by atoms with van der Waals surface area (Å²) in [5.74, 6) is 1.41. The standard InChI is InChI=1S/C21H29N5OS/c1-5-24-10-12-25(13-11-24)18(17-8-6-16(7-9-17)14(2)3)19-20(27)26-21(28-19)22-15(4)23-26/h6-9,14,18,27H,5,10-13H2,1-4H3. The lowest BCUT2D eigenvalue weighted by Gasteiger charge is -2.38. The van der Waals surface area contributed by atoms with Crippen LogP contribution in [0.1, 0.15) is 54.6 Å². The second kappa shape index (κ2) is 7.81. The Morgan fingerprint density at radius 2 is 1.71 bits per heavy atom. The van der Waals surface area contributed by atoms with Crippen LogP contribution in [0.25, 0.3) is 4.96 Å². The number of fused-ring (bicyclic) bond motifs is 1. The van der Waals surface area contributed by atoms with Crippen molar-refractivity contribution in [2.45, 2.75) is 39.7 Å². The van der Waals surface area contributed by atoms with Crippen LogP contribution in [0, 0.1) is 6.92 Å². The van der Waals surface area contributed by atoms with E-state index in [4.69, 9.17) is 0 Å². The second-order valence-corrected chi connectivity index (χ2v) is 8.85. The molecule has 6 nitrogen and oxygen atoms in total. The molecular formula is C21H29N5OS. The van der Waals surface area contributed by atoms with E-state index in [-0.39, 0.29) is 11.9 Å². The maximum Gasteiger partial charge on any atom is 0.230 e. The van der Waals surface area contributed by atoms with Crippen molar-refractivity contribution < 1.29 is 5.11 Å². The third-order valence-corrected chi connectivity index (χ3v) is 6.76. The van der Waals surface area contributed by atoms with Gasteiger partial charge in [0.15, 0.2) is 0 Å². The van der Waals surface area contributed by atoms with Gasteiger partial charge >= 0.3 is 0 Å². The van der Waals surface area contributed by atoms with Crippen molar-refractivity contribution in [2.75, 3.05) is 32.7 Å². The van der Waals surface area contributed by atoms with E-state index in [9.17, 15) is 5.11 Å². The molecule has 0 saturated carbocycles. The number of hydrogen-bond acceptors (Lipinski definition) is 6. The third kappa shape index (κ3) is 3.54. The van der Waals surface area contributed by atoms with Crippen LogP contribution in [0.3, 0.4) is 0 Å². The Balaban J connectivity index is 1.74. The lowest BCUT2D eigenvalue weighted by molar-refractivity contribution is 0.113. The molecule has 1 fully saturated rings. The van der Waals surface area contributed by atoms with Gasteiger partial charge in [-0.25, -0.2) is 4.98 Å². The molecule has 0 amide bonds. The topological polar surface area (TPSA) is 56.9 Å². The van der Waals surface area contributed by atoms with Crippen LogP contribution in [-0.2, 0) is 0 Å². The zero-order chi connectivity index (χ0) is 19.8. The fraction of sp³-hybridized carbons (Fsp3) is 0.524. The average molecular weight is 400 g/mol. The quantitative estimate of drug-likeness (QED) is 0.710. The summed E-state index contributed by atoms with van der Waals surface area (Å²) in [6.07, 6.45) is 0. The molecule has 3 heterocycles. The highest BCUT2D eigenvalue weighted by atomic mass is 32.1. The lowest BCUT2D eigenvalue weighted by Crippen LogP contribution is -2.47. The molecule has 3 aromatic rings. The minimum Gasteiger partial charge on any atom is -0.492 e. The van der Waals surface area contributed by atoms with Gasteiger partial charge in [0.2, 0.25) is 10.8 Å². The van der Waals surface area contributed by atoms with Crippen LogP contribution in [0.15, 0.2) is 24.3 Å². The molecule has 1 atom stereocenters. The number of nitrogens with zero attached hydrogens (tertiary/aromatic N) is 5. The monoisotopic (exact) mass is 399 g/mol. The Bertz CT molecular complexity index is 938. The summed E-state index contributed by atoms with van der Waals surface area (Å²) in [6.45, 7) is 13.7. The molecule has 1 aliphatic rings. The maximum atomic E-state index is 10.9. The number of rotatable bonds is 5. The predicted octanol–water partition coefficient (Wildman–Crippen LogP) is 3.66. The molecule has 0 radical (unpaired) electrons. The molecule has 1 aromatic carbocycles. The van der Waals surface area contributed by atoms with E-state index in [0.717, 1.165) is 42.6 Å². The summed E-state index contributed by atoms with van der Waals surface area (Å²) in [6, 6.07) is 8.88. The maximum absolute atomic E-state index is 10.9. The van der Waals surface area contributed by atoms with Crippen LogP contribution in [-0.4, -0.2) is 62.2 Å². The van der Waals surface area contributed by atoms with Gasteiger partial charge in [0, 0.05) is 26.2 Å². The van der Waals surface area contributed by atoms with E-state index >= 15 is 0 Å². The van der Waals surface area contributed by atoms with Gasteiger partial charge in [0.25, 0.3) is 0 Å². The van der Waals surface area contributed by atoms with E-state index in [1.807, 2.05) is 6.92 Å². The summed E-state index contributed by atoms with van der Waals surface area (Å²) in [7, 11) is 0. The summed E-state index contributed by atoms with van der Waals surface area (Å²) < 4.78 is 1.58. The smallest absolute Gasteiger partial charge is 0.230 e. The van der Waals surface area contributed by atoms with Gasteiger partial charge in [0.1, 0.15) is 5.82 Å². The Labute approximate surface area is 170 Å². The van der Waals surface area contributed by atoms with E-state index in [1.54, 1.807) is 15.9 Å². The van der Waals surface area contributed by atoms with Crippen molar-refractivity contribution >= 4 is 16.3 Å². The van der Waals surface area contributed by atoms with Crippen LogP contribution >= 0.6 is 11.3 Å². The van der Waals surface area contributed by atoms with E-state index in [1.165, 1.54) is 11.1 Å². The highest BCUT2D eigenvalue weighted by molar-refractivity contribution is 7.17. The molecule has 28 heavy (non-hydrogen) atoms. The molecular weight excluding hydrogens is 370 g/mol. The molecule has 1 aliphatic heterocycles. The summed E-state index contributed by atoms with van der Waals surface area (Å²) >= 11 is 1.54. The van der Waals surface area contributed by atoms with Crippen molar-refractivity contribution in [3.8, 4) is 5.88 Å². The van der Waals surface area contributed by atoms with Gasteiger partial charge in [-0.15, -0.1) is 5.10 Å². The predicted molar refractivity (Wildman–Crippen MR) is 113 cm³/mol. The molecule has 2 aromatic heterocycles. The van der Waals surface area contributed by atoms with E-state index in [0.29, 0.717) is 11.7 Å². The van der Waals surface area contributed by atoms with Crippen LogP contribution < -0.4 is 0 Å². The molecule has 0 spiro atoms. The molecule has 0 bridgehead atoms. The minimum absolute atomic E-state index is 0.0222. The molecule has 1 unspecified atom stereocenters. The Morgan fingerprint density at radius 3 is 2.29 bits per heavy atom. The van der Waals surface area contributed by atoms with Gasteiger partial charge < -0.3 is 10.0 Å². The number of aromatic nitrogens is 3. The SMILES string of the molecule is CCN1CCN(C(c2ccc(C(C)C)cc2)c2sc3nc(C)nn3c2O)CC1. The fourth-order valence-electron chi connectivity index (χ4n) is 3.96. The molecule has 150 valence electrons. The largest absolute Gasteiger partial charge is 0.492 e. The first kappa shape index (κ1) is 19.4. The molecule has 7 heteroatoms. The first-order valence-electron chi connectivity index (χ1n) is 10.1. The van der Waals surface area contributed by atoms with Gasteiger partial charge in [-0.3, -0.25) is 4.90 Å². The number of benzene rings is 1. The van der Waals surface area contributed by atoms with Gasteiger partial charge in [-0.1, -0.05) is 56.4 Å². The molecule has 1 N–H and O–H groups in total. The van der Waals surface area contributed by atoms with Crippen molar-refractivity contribution in [3.05, 3.63) is 46.1 Å². The number of hydrogen-bond donors (Lipinski definition) is 1. The van der Waals surface area contributed by atoms with Crippen molar-refractivity contribution in [1.82, 2.24) is 24.4 Å². The zero-order valence-electron chi connectivity index (χ0n) is 17.1. The minimum atomic E-state index is 0.0222. The van der Waals surface area contributed by atoms with Crippen molar-refractivity contribution in [2.24, 2.45) is 0 Å². The lowest BCUT2D eigenvalue weighted by atomic mass is 9.97. The Morgan fingerprint density at radius 1 is 1.07 bits per heavy atom. The fourth-order valence-corrected chi connectivity index (χ4v) is 5.12. The number of thiazole rings is 1. The number of piperazine rings is 1. The normalized spacial score (nSPS) is 17.6. The summed E-state index contributed by atoms with van der Waals surface area (Å²) in [4.78, 5) is 11.1. The first-order chi connectivity index (χ1) is 13.5. The number of likely N-dealkylation sites (N-methyl/N-ethyl adjacent to an activating group) is 1. The van der Waals surface area contributed by atoms with Gasteiger partial charge in [0.05, 0.1) is 10.9 Å². The summed E-state index contributed by atoms with van der Waals surface area (Å²) in [5, 5.41) is 15.3. The zero-order valence-corrected chi connectivity index (χ0v) is 17.9. The van der Waals surface area contributed by atoms with Crippen LogP contribution in [0.5, 0.6) is 5.88 Å². The van der Waals surface area contributed by atoms with Crippen LogP contribution in [0.4, 0.5) is 0 Å². The highest BCUT2D eigenvalue weighted by Gasteiger charge is 2.31. The first-order valence-corrected chi connectivity index (χ1v) is 10.9. The number of aryl methyl sites for hydroxylation is 1. The molecule has 0 aliphatic carbocycles. The third-order valence-electron chi connectivity index (χ3n) is 5.69. The van der Waals surface area contributed by atoms with Crippen molar-refractivity contribution in [3.63, 3.8) is 0 Å². The molecule has 1 saturated heterocycles. The molecule has 4 rings (SSSR count). The Hall–Kier alpha value is -1.96. The van der Waals surface area contributed by atoms with Crippen molar-refractivity contribution in [1.29, 1.82) is 0 Å². The summed E-state index contributed by atoms with van der Waals surface area (Å²) in [5.41, 5.74) is 2.55. The Kier molecular flexibility index (Phi) is 5.40. The second-order valence-electron chi connectivity index (χ2n) is 7.84. The van der Waals surface area contributed by atoms with E-state index in [2.05, 4.69) is 64.9 Å². The van der Waals surface area contributed by atoms with Gasteiger partial charge in [-0.05, 0) is 30.5 Å². The van der Waals surface area contributed by atoms with Gasteiger partial charge in [-0.2, -0.15) is 4.52 Å². The average Bonchev–Trinajstić information content (AvgIpc) is 3.20. The number of aromatic hydroxyl groups is 1. The van der Waals surface area contributed by atoms with E-state index < -0.39 is 0 Å². The highest BCUT2D eigenvalue weighted by Crippen LogP contribution is 2.40.